The van der Waals surface area contributed by atoms with Gasteiger partial charge in [0.1, 0.15) is 12.1 Å². The topological polar surface area (TPSA) is 64.9 Å². The first kappa shape index (κ1) is 7.94. The van der Waals surface area contributed by atoms with Crippen LogP contribution in [0.25, 0.3) is 0 Å². The van der Waals surface area contributed by atoms with Gasteiger partial charge in [0.15, 0.2) is 0 Å². The highest BCUT2D eigenvalue weighted by Gasteiger charge is 2.10. The predicted octanol–water partition coefficient (Wildman–Crippen LogP) is 1.12. The Kier molecular flexibility index (Phi) is 2.06. The molecule has 0 saturated carbocycles. The fourth-order valence-corrected chi connectivity index (χ4v) is 1.10. The van der Waals surface area contributed by atoms with Crippen LogP contribution in [0.3, 0.4) is 0 Å². The van der Waals surface area contributed by atoms with Crippen molar-refractivity contribution >= 4 is 0 Å². The second kappa shape index (κ2) is 3.37. The molecule has 13 heavy (non-hydrogen) atoms. The average Bonchev–Trinajstić information content (AvgIpc) is 2.71. The van der Waals surface area contributed by atoms with Crippen molar-refractivity contribution in [2.75, 3.05) is 0 Å². The Labute approximate surface area is 75.4 Å². The van der Waals surface area contributed by atoms with Gasteiger partial charge in [-0.3, -0.25) is 0 Å². The quantitative estimate of drug-likeness (QED) is 0.742. The van der Waals surface area contributed by atoms with Gasteiger partial charge in [0.2, 0.25) is 0 Å². The van der Waals surface area contributed by atoms with Crippen molar-refractivity contribution in [1.82, 2.24) is 9.97 Å². The molecule has 2 aromatic heterocycles. The van der Waals surface area contributed by atoms with Gasteiger partial charge in [-0.1, -0.05) is 0 Å². The van der Waals surface area contributed by atoms with Gasteiger partial charge in [-0.25, -0.2) is 9.97 Å². The summed E-state index contributed by atoms with van der Waals surface area (Å²) < 4.78 is 5.17. The third kappa shape index (κ3) is 1.57. The van der Waals surface area contributed by atoms with E-state index in [4.69, 9.17) is 10.2 Å². The Bertz CT molecular complexity index is 358. The molecule has 1 atom stereocenters. The van der Waals surface area contributed by atoms with E-state index in [1.165, 1.54) is 6.33 Å². The summed E-state index contributed by atoms with van der Waals surface area (Å²) in [4.78, 5) is 7.77. The van der Waals surface area contributed by atoms with E-state index in [0.717, 1.165) is 11.3 Å². The van der Waals surface area contributed by atoms with Crippen molar-refractivity contribution in [1.29, 1.82) is 0 Å². The van der Waals surface area contributed by atoms with E-state index in [9.17, 15) is 0 Å². The molecule has 2 N–H and O–H groups in total. The van der Waals surface area contributed by atoms with Crippen molar-refractivity contribution in [3.05, 3.63) is 48.4 Å². The molecule has 0 fully saturated rings. The molecule has 4 heteroatoms. The lowest BCUT2D eigenvalue weighted by Gasteiger charge is -2.06. The highest BCUT2D eigenvalue weighted by atomic mass is 16.3. The minimum atomic E-state index is -0.281. The van der Waals surface area contributed by atoms with Crippen LogP contribution in [0, 0.1) is 0 Å². The minimum absolute atomic E-state index is 0.281. The minimum Gasteiger partial charge on any atom is -0.467 e. The lowest BCUT2D eigenvalue weighted by molar-refractivity contribution is 0.489. The van der Waals surface area contributed by atoms with E-state index in [1.54, 1.807) is 24.7 Å². The zero-order valence-electron chi connectivity index (χ0n) is 6.92. The summed E-state index contributed by atoms with van der Waals surface area (Å²) in [5.41, 5.74) is 6.73. The summed E-state index contributed by atoms with van der Waals surface area (Å²) in [5.74, 6) is 0.717. The second-order valence-corrected chi connectivity index (χ2v) is 2.66. The van der Waals surface area contributed by atoms with Crippen LogP contribution in [0.15, 0.2) is 41.5 Å². The number of hydrogen-bond acceptors (Lipinski definition) is 4. The van der Waals surface area contributed by atoms with Gasteiger partial charge in [-0.05, 0) is 12.1 Å². The fourth-order valence-electron chi connectivity index (χ4n) is 1.10. The van der Waals surface area contributed by atoms with Crippen molar-refractivity contribution in [2.24, 2.45) is 5.73 Å². The highest BCUT2D eigenvalue weighted by Crippen LogP contribution is 2.17. The van der Waals surface area contributed by atoms with Gasteiger partial charge in [0, 0.05) is 18.0 Å². The SMILES string of the molecule is NC(c1cncnc1)c1ccco1. The van der Waals surface area contributed by atoms with Crippen LogP contribution in [0.1, 0.15) is 17.4 Å². The lowest BCUT2D eigenvalue weighted by atomic mass is 10.1. The van der Waals surface area contributed by atoms with E-state index in [0.29, 0.717) is 0 Å². The van der Waals surface area contributed by atoms with Crippen molar-refractivity contribution in [3.8, 4) is 0 Å². The summed E-state index contributed by atoms with van der Waals surface area (Å²) >= 11 is 0. The zero-order chi connectivity index (χ0) is 9.10. The number of nitrogens with two attached hydrogens (primary N) is 1. The summed E-state index contributed by atoms with van der Waals surface area (Å²) in [6.45, 7) is 0. The Morgan fingerprint density at radius 2 is 2.08 bits per heavy atom. The average molecular weight is 175 g/mol. The van der Waals surface area contributed by atoms with Crippen LogP contribution in [0.4, 0.5) is 0 Å². The van der Waals surface area contributed by atoms with Crippen molar-refractivity contribution < 1.29 is 4.42 Å². The maximum atomic E-state index is 5.89. The van der Waals surface area contributed by atoms with E-state index < -0.39 is 0 Å². The zero-order valence-corrected chi connectivity index (χ0v) is 6.92. The molecule has 2 aromatic rings. The summed E-state index contributed by atoms with van der Waals surface area (Å²) in [7, 11) is 0. The van der Waals surface area contributed by atoms with Gasteiger partial charge in [0.05, 0.1) is 12.3 Å². The predicted molar refractivity (Wildman–Crippen MR) is 46.8 cm³/mol. The van der Waals surface area contributed by atoms with E-state index in [-0.39, 0.29) is 6.04 Å². The van der Waals surface area contributed by atoms with Crippen LogP contribution < -0.4 is 5.73 Å². The standard InChI is InChI=1S/C9H9N3O/c10-9(8-2-1-3-13-8)7-4-11-6-12-5-7/h1-6,9H,10H2. The van der Waals surface area contributed by atoms with Gasteiger partial charge in [-0.15, -0.1) is 0 Å². The summed E-state index contributed by atoms with van der Waals surface area (Å²) in [6, 6.07) is 3.35. The van der Waals surface area contributed by atoms with Crippen molar-refractivity contribution in [2.45, 2.75) is 6.04 Å². The van der Waals surface area contributed by atoms with Gasteiger partial charge >= 0.3 is 0 Å². The maximum absolute atomic E-state index is 5.89. The van der Waals surface area contributed by atoms with Crippen LogP contribution in [0.2, 0.25) is 0 Å². The normalized spacial score (nSPS) is 12.7. The molecule has 2 heterocycles. The number of hydrogen-bond donors (Lipinski definition) is 1. The molecule has 4 nitrogen and oxygen atoms in total. The molecule has 0 radical (unpaired) electrons. The monoisotopic (exact) mass is 175 g/mol. The molecule has 0 aliphatic rings. The first-order valence-corrected chi connectivity index (χ1v) is 3.92. The molecule has 2 rings (SSSR count). The van der Waals surface area contributed by atoms with Crippen LogP contribution in [-0.4, -0.2) is 9.97 Å². The molecule has 0 spiro atoms. The van der Waals surface area contributed by atoms with Crippen LogP contribution in [-0.2, 0) is 0 Å². The maximum Gasteiger partial charge on any atom is 0.125 e. The third-order valence-electron chi connectivity index (χ3n) is 1.79. The fraction of sp³-hybridized carbons (Fsp3) is 0.111. The molecule has 0 aliphatic heterocycles. The van der Waals surface area contributed by atoms with Crippen LogP contribution >= 0.6 is 0 Å². The number of furan rings is 1. The molecule has 0 bridgehead atoms. The first-order valence-electron chi connectivity index (χ1n) is 3.92. The Balaban J connectivity index is 2.29. The van der Waals surface area contributed by atoms with Gasteiger partial charge < -0.3 is 10.2 Å². The van der Waals surface area contributed by atoms with E-state index >= 15 is 0 Å². The highest BCUT2D eigenvalue weighted by molar-refractivity contribution is 5.20. The summed E-state index contributed by atoms with van der Waals surface area (Å²) in [6.07, 6.45) is 6.43. The third-order valence-corrected chi connectivity index (χ3v) is 1.79. The molecule has 66 valence electrons. The smallest absolute Gasteiger partial charge is 0.125 e. The Hall–Kier alpha value is -1.68. The number of rotatable bonds is 2. The Morgan fingerprint density at radius 3 is 2.69 bits per heavy atom. The lowest BCUT2D eigenvalue weighted by Crippen LogP contribution is -2.11. The second-order valence-electron chi connectivity index (χ2n) is 2.66. The molecule has 1 unspecified atom stereocenters. The van der Waals surface area contributed by atoms with E-state index in [1.807, 2.05) is 6.07 Å². The Morgan fingerprint density at radius 1 is 1.31 bits per heavy atom. The van der Waals surface area contributed by atoms with Gasteiger partial charge in [-0.2, -0.15) is 0 Å². The molecule has 0 saturated heterocycles. The van der Waals surface area contributed by atoms with Crippen molar-refractivity contribution in [3.63, 3.8) is 0 Å². The summed E-state index contributed by atoms with van der Waals surface area (Å²) in [5, 5.41) is 0. The molecular weight excluding hydrogens is 166 g/mol. The molecule has 0 amide bonds. The molecule has 0 aromatic carbocycles. The van der Waals surface area contributed by atoms with Crippen LogP contribution in [0.5, 0.6) is 0 Å². The first-order chi connectivity index (χ1) is 6.38. The molecular formula is C9H9N3O. The van der Waals surface area contributed by atoms with E-state index in [2.05, 4.69) is 9.97 Å². The molecule has 0 aliphatic carbocycles. The number of nitrogens with zero attached hydrogens (tertiary/aromatic N) is 2. The van der Waals surface area contributed by atoms with Gasteiger partial charge in [0.25, 0.3) is 0 Å². The largest absolute Gasteiger partial charge is 0.467 e. The number of aromatic nitrogens is 2.